The summed E-state index contributed by atoms with van der Waals surface area (Å²) in [5.41, 5.74) is 5.89. The number of nitrogens with two attached hydrogens (primary N) is 1. The Morgan fingerprint density at radius 3 is 2.74 bits per heavy atom. The van der Waals surface area contributed by atoms with Gasteiger partial charge in [0.1, 0.15) is 11.6 Å². The van der Waals surface area contributed by atoms with Crippen molar-refractivity contribution in [2.24, 2.45) is 0 Å². The smallest absolute Gasteiger partial charge is 0.259 e. The van der Waals surface area contributed by atoms with Crippen LogP contribution in [-0.4, -0.2) is 10.9 Å². The van der Waals surface area contributed by atoms with Gasteiger partial charge in [-0.05, 0) is 36.8 Å². The van der Waals surface area contributed by atoms with Gasteiger partial charge in [-0.2, -0.15) is 4.39 Å². The quantitative estimate of drug-likeness (QED) is 0.646. The number of aryl methyl sites for hydroxylation is 1. The first-order chi connectivity index (χ1) is 8.97. The second kappa shape index (κ2) is 5.01. The monoisotopic (exact) mass is 263 g/mol. The third-order valence-electron chi connectivity index (χ3n) is 2.48. The van der Waals surface area contributed by atoms with Gasteiger partial charge < -0.3 is 11.1 Å². The lowest BCUT2D eigenvalue weighted by Gasteiger charge is -2.08. The second-order valence-corrected chi connectivity index (χ2v) is 4.00. The predicted molar refractivity (Wildman–Crippen MR) is 67.7 cm³/mol. The van der Waals surface area contributed by atoms with E-state index >= 15 is 0 Å². The average Bonchev–Trinajstić information content (AvgIpc) is 2.33. The van der Waals surface area contributed by atoms with Crippen LogP contribution in [0, 0.1) is 18.7 Å². The number of carbonyl (C=O) groups excluding carboxylic acids is 1. The molecule has 0 saturated carbocycles. The zero-order chi connectivity index (χ0) is 14.0. The lowest BCUT2D eigenvalue weighted by molar-refractivity contribution is 0.102. The highest BCUT2D eigenvalue weighted by molar-refractivity contribution is 6.04. The molecule has 0 aliphatic heterocycles. The summed E-state index contributed by atoms with van der Waals surface area (Å²) < 4.78 is 26.7. The Balaban J connectivity index is 2.30. The molecule has 1 heterocycles. The lowest BCUT2D eigenvalue weighted by atomic mass is 10.1. The molecule has 3 N–H and O–H groups in total. The fourth-order valence-corrected chi connectivity index (χ4v) is 1.62. The van der Waals surface area contributed by atoms with Crippen molar-refractivity contribution in [3.05, 3.63) is 53.2 Å². The van der Waals surface area contributed by atoms with Gasteiger partial charge in [0.05, 0.1) is 5.56 Å². The van der Waals surface area contributed by atoms with E-state index < -0.39 is 17.7 Å². The zero-order valence-electron chi connectivity index (χ0n) is 10.1. The molecule has 1 aromatic carbocycles. The summed E-state index contributed by atoms with van der Waals surface area (Å²) in [6.45, 7) is 1.50. The molecule has 0 bridgehead atoms. The molecule has 1 amide bonds. The van der Waals surface area contributed by atoms with E-state index in [1.807, 2.05) is 0 Å². The van der Waals surface area contributed by atoms with Gasteiger partial charge in [-0.1, -0.05) is 6.07 Å². The van der Waals surface area contributed by atoms with Crippen molar-refractivity contribution in [1.29, 1.82) is 0 Å². The highest BCUT2D eigenvalue weighted by atomic mass is 19.1. The van der Waals surface area contributed by atoms with Gasteiger partial charge in [0.15, 0.2) is 0 Å². The van der Waals surface area contributed by atoms with E-state index in [0.29, 0.717) is 0 Å². The molecule has 19 heavy (non-hydrogen) atoms. The van der Waals surface area contributed by atoms with Gasteiger partial charge in [0.2, 0.25) is 5.95 Å². The van der Waals surface area contributed by atoms with Crippen molar-refractivity contribution in [2.75, 3.05) is 11.1 Å². The Hall–Kier alpha value is -2.50. The SMILES string of the molecule is Cc1cc(N)cc(C(=O)Nc2cccc(F)n2)c1F. The van der Waals surface area contributed by atoms with E-state index in [9.17, 15) is 13.6 Å². The summed E-state index contributed by atoms with van der Waals surface area (Å²) in [7, 11) is 0. The molecule has 0 radical (unpaired) electrons. The number of nitrogens with one attached hydrogen (secondary N) is 1. The fourth-order valence-electron chi connectivity index (χ4n) is 1.62. The minimum absolute atomic E-state index is 0.00415. The first kappa shape index (κ1) is 12.9. The number of rotatable bonds is 2. The Morgan fingerprint density at radius 2 is 2.05 bits per heavy atom. The van der Waals surface area contributed by atoms with Crippen LogP contribution in [0.4, 0.5) is 20.3 Å². The molecule has 0 aliphatic carbocycles. The normalized spacial score (nSPS) is 10.3. The number of nitrogens with zero attached hydrogens (tertiary/aromatic N) is 1. The second-order valence-electron chi connectivity index (χ2n) is 4.00. The van der Waals surface area contributed by atoms with Crippen molar-refractivity contribution in [3.8, 4) is 0 Å². The third kappa shape index (κ3) is 2.85. The number of hydrogen-bond donors (Lipinski definition) is 2. The van der Waals surface area contributed by atoms with Crippen LogP contribution in [0.2, 0.25) is 0 Å². The number of halogens is 2. The number of amides is 1. The van der Waals surface area contributed by atoms with Gasteiger partial charge >= 0.3 is 0 Å². The average molecular weight is 263 g/mol. The van der Waals surface area contributed by atoms with Crippen LogP contribution in [0.1, 0.15) is 15.9 Å². The van der Waals surface area contributed by atoms with Crippen LogP contribution in [-0.2, 0) is 0 Å². The van der Waals surface area contributed by atoms with Crippen molar-refractivity contribution < 1.29 is 13.6 Å². The van der Waals surface area contributed by atoms with E-state index in [0.717, 1.165) is 6.07 Å². The maximum absolute atomic E-state index is 13.8. The van der Waals surface area contributed by atoms with Gasteiger partial charge in [-0.15, -0.1) is 0 Å². The summed E-state index contributed by atoms with van der Waals surface area (Å²) in [4.78, 5) is 15.3. The van der Waals surface area contributed by atoms with Crippen molar-refractivity contribution in [2.45, 2.75) is 6.92 Å². The highest BCUT2D eigenvalue weighted by Gasteiger charge is 2.15. The molecule has 0 atom stereocenters. The van der Waals surface area contributed by atoms with Gasteiger partial charge in [-0.25, -0.2) is 9.37 Å². The molecule has 4 nitrogen and oxygen atoms in total. The van der Waals surface area contributed by atoms with E-state index in [-0.39, 0.29) is 22.6 Å². The molecule has 2 aromatic rings. The lowest BCUT2D eigenvalue weighted by Crippen LogP contribution is -2.16. The van der Waals surface area contributed by atoms with E-state index in [4.69, 9.17) is 5.73 Å². The molecule has 0 unspecified atom stereocenters. The Bertz CT molecular complexity index is 644. The van der Waals surface area contributed by atoms with Crippen molar-refractivity contribution in [3.63, 3.8) is 0 Å². The summed E-state index contributed by atoms with van der Waals surface area (Å²) >= 11 is 0. The van der Waals surface area contributed by atoms with Crippen LogP contribution in [0.3, 0.4) is 0 Å². The summed E-state index contributed by atoms with van der Waals surface area (Å²) in [6, 6.07) is 6.57. The van der Waals surface area contributed by atoms with Crippen LogP contribution in [0.5, 0.6) is 0 Å². The van der Waals surface area contributed by atoms with E-state index in [1.165, 1.54) is 31.2 Å². The minimum Gasteiger partial charge on any atom is -0.399 e. The van der Waals surface area contributed by atoms with Gasteiger partial charge in [-0.3, -0.25) is 4.79 Å². The minimum atomic E-state index is -0.734. The largest absolute Gasteiger partial charge is 0.399 e. The van der Waals surface area contributed by atoms with E-state index in [2.05, 4.69) is 10.3 Å². The summed E-state index contributed by atoms with van der Waals surface area (Å²) in [6.07, 6.45) is 0. The molecule has 0 saturated heterocycles. The maximum atomic E-state index is 13.8. The van der Waals surface area contributed by atoms with Gasteiger partial charge in [0, 0.05) is 5.69 Å². The summed E-state index contributed by atoms with van der Waals surface area (Å²) in [5.74, 6) is -2.12. The first-order valence-electron chi connectivity index (χ1n) is 5.47. The fraction of sp³-hybridized carbons (Fsp3) is 0.0769. The topological polar surface area (TPSA) is 68.0 Å². The number of anilines is 2. The molecule has 0 aliphatic rings. The zero-order valence-corrected chi connectivity index (χ0v) is 10.1. The van der Waals surface area contributed by atoms with Crippen molar-refractivity contribution >= 4 is 17.4 Å². The highest BCUT2D eigenvalue weighted by Crippen LogP contribution is 2.18. The van der Waals surface area contributed by atoms with E-state index in [1.54, 1.807) is 0 Å². The maximum Gasteiger partial charge on any atom is 0.259 e. The number of hydrogen-bond acceptors (Lipinski definition) is 3. The Kier molecular flexibility index (Phi) is 3.41. The number of aromatic nitrogens is 1. The number of nitrogen functional groups attached to an aromatic ring is 1. The molecule has 0 spiro atoms. The molecular formula is C13H11F2N3O. The molecule has 2 rings (SSSR count). The van der Waals surface area contributed by atoms with Crippen molar-refractivity contribution in [1.82, 2.24) is 4.98 Å². The molecule has 98 valence electrons. The third-order valence-corrected chi connectivity index (χ3v) is 2.48. The van der Waals surface area contributed by atoms with Crippen LogP contribution >= 0.6 is 0 Å². The number of pyridine rings is 1. The number of carbonyl (C=O) groups is 1. The summed E-state index contributed by atoms with van der Waals surface area (Å²) in [5, 5.41) is 2.31. The predicted octanol–water partition coefficient (Wildman–Crippen LogP) is 2.50. The molecular weight excluding hydrogens is 252 g/mol. The first-order valence-corrected chi connectivity index (χ1v) is 5.47. The van der Waals surface area contributed by atoms with Gasteiger partial charge in [0.25, 0.3) is 5.91 Å². The Labute approximate surface area is 108 Å². The van der Waals surface area contributed by atoms with Crippen LogP contribution < -0.4 is 11.1 Å². The molecule has 1 aromatic heterocycles. The Morgan fingerprint density at radius 1 is 1.32 bits per heavy atom. The standard InChI is InChI=1S/C13H11F2N3O/c1-7-5-8(16)6-9(12(7)15)13(19)18-11-4-2-3-10(14)17-11/h2-6H,16H2,1H3,(H,17,18,19). The number of benzene rings is 1. The van der Waals surface area contributed by atoms with Crippen LogP contribution in [0.25, 0.3) is 0 Å². The molecule has 6 heteroatoms. The molecule has 0 fully saturated rings. The van der Waals surface area contributed by atoms with Crippen LogP contribution in [0.15, 0.2) is 30.3 Å².